The first-order valence-corrected chi connectivity index (χ1v) is 7.93. The molecule has 0 radical (unpaired) electrons. The molecule has 0 spiro atoms. The van der Waals surface area contributed by atoms with Crippen molar-refractivity contribution < 1.29 is 9.53 Å². The number of hydrogen-bond acceptors (Lipinski definition) is 5. The Labute approximate surface area is 149 Å². The highest BCUT2D eigenvalue weighted by molar-refractivity contribution is 6.11. The molecule has 8 nitrogen and oxygen atoms in total. The lowest BCUT2D eigenvalue weighted by Crippen LogP contribution is -2.14. The number of nitrogens with one attached hydrogen (secondary N) is 1. The van der Waals surface area contributed by atoms with Crippen LogP contribution in [0.25, 0.3) is 16.6 Å². The normalized spacial score (nSPS) is 10.8. The molecule has 2 aromatic carbocycles. The van der Waals surface area contributed by atoms with Gasteiger partial charge in [-0.2, -0.15) is 5.10 Å². The number of anilines is 1. The minimum absolute atomic E-state index is 0.305. The standard InChI is InChI=1S/C18H16N6O2/c1-23-15-6-4-3-5-13(15)17(22-23)18(25)21-14-9-12(7-8-16(14)26-2)24-10-19-20-11-24/h3-11H,1-2H3,(H,21,25). The maximum atomic E-state index is 12.8. The van der Waals surface area contributed by atoms with E-state index >= 15 is 0 Å². The van der Waals surface area contributed by atoms with Gasteiger partial charge in [0.25, 0.3) is 5.91 Å². The summed E-state index contributed by atoms with van der Waals surface area (Å²) in [5.74, 6) is 0.247. The Morgan fingerprint density at radius 1 is 1.12 bits per heavy atom. The van der Waals surface area contributed by atoms with E-state index in [1.54, 1.807) is 41.1 Å². The molecule has 0 bridgehead atoms. The van der Waals surface area contributed by atoms with Gasteiger partial charge >= 0.3 is 0 Å². The summed E-state index contributed by atoms with van der Waals surface area (Å²) in [6, 6.07) is 13.0. The number of benzene rings is 2. The maximum Gasteiger partial charge on any atom is 0.276 e. The number of ether oxygens (including phenoxy) is 1. The molecule has 0 aliphatic carbocycles. The minimum atomic E-state index is -0.305. The first kappa shape index (κ1) is 15.8. The van der Waals surface area contributed by atoms with Crippen molar-refractivity contribution in [2.24, 2.45) is 7.05 Å². The van der Waals surface area contributed by atoms with Crippen LogP contribution in [0.4, 0.5) is 5.69 Å². The number of nitrogens with zero attached hydrogens (tertiary/aromatic N) is 5. The number of para-hydroxylation sites is 1. The van der Waals surface area contributed by atoms with Crippen LogP contribution in [-0.4, -0.2) is 37.6 Å². The molecule has 4 rings (SSSR count). The Balaban J connectivity index is 1.71. The van der Waals surface area contributed by atoms with Crippen molar-refractivity contribution in [3.63, 3.8) is 0 Å². The zero-order chi connectivity index (χ0) is 18.1. The third-order valence-corrected chi connectivity index (χ3v) is 4.12. The molecule has 8 heteroatoms. The number of aryl methyl sites for hydroxylation is 1. The molecule has 0 unspecified atom stereocenters. The summed E-state index contributed by atoms with van der Waals surface area (Å²) >= 11 is 0. The summed E-state index contributed by atoms with van der Waals surface area (Å²) in [6.45, 7) is 0. The zero-order valence-corrected chi connectivity index (χ0v) is 14.2. The number of fused-ring (bicyclic) bond motifs is 1. The molecule has 4 aromatic rings. The molecule has 1 N–H and O–H groups in total. The average molecular weight is 348 g/mol. The van der Waals surface area contributed by atoms with Gasteiger partial charge in [0.2, 0.25) is 0 Å². The van der Waals surface area contributed by atoms with E-state index in [1.807, 2.05) is 37.4 Å². The third kappa shape index (κ3) is 2.67. The Bertz CT molecular complexity index is 1080. The Hall–Kier alpha value is -3.68. The number of carbonyl (C=O) groups excluding carboxylic acids is 1. The van der Waals surface area contributed by atoms with Gasteiger partial charge in [-0.1, -0.05) is 18.2 Å². The molecule has 0 saturated carbocycles. The molecule has 0 aliphatic rings. The summed E-state index contributed by atoms with van der Waals surface area (Å²) in [7, 11) is 3.37. The highest BCUT2D eigenvalue weighted by Gasteiger charge is 2.17. The highest BCUT2D eigenvalue weighted by Crippen LogP contribution is 2.28. The number of amides is 1. The van der Waals surface area contributed by atoms with Gasteiger partial charge in [-0.3, -0.25) is 14.0 Å². The van der Waals surface area contributed by atoms with E-state index in [4.69, 9.17) is 4.74 Å². The maximum absolute atomic E-state index is 12.8. The van der Waals surface area contributed by atoms with Crippen LogP contribution in [0.5, 0.6) is 5.75 Å². The van der Waals surface area contributed by atoms with Crippen LogP contribution in [0.15, 0.2) is 55.1 Å². The molecule has 0 saturated heterocycles. The monoisotopic (exact) mass is 348 g/mol. The van der Waals surface area contributed by atoms with E-state index in [2.05, 4.69) is 20.6 Å². The Morgan fingerprint density at radius 3 is 2.65 bits per heavy atom. The number of aromatic nitrogens is 5. The third-order valence-electron chi connectivity index (χ3n) is 4.12. The Morgan fingerprint density at radius 2 is 1.88 bits per heavy atom. The van der Waals surface area contributed by atoms with Crippen molar-refractivity contribution in [3.8, 4) is 11.4 Å². The molecule has 0 fully saturated rings. The summed E-state index contributed by atoms with van der Waals surface area (Å²) in [5, 5.41) is 15.6. The van der Waals surface area contributed by atoms with Crippen LogP contribution in [-0.2, 0) is 7.05 Å². The van der Waals surface area contributed by atoms with E-state index in [-0.39, 0.29) is 5.91 Å². The number of carbonyl (C=O) groups is 1. The summed E-state index contributed by atoms with van der Waals surface area (Å²) < 4.78 is 8.80. The molecule has 130 valence electrons. The molecule has 1 amide bonds. The smallest absolute Gasteiger partial charge is 0.276 e. The fraction of sp³-hybridized carbons (Fsp3) is 0.111. The minimum Gasteiger partial charge on any atom is -0.495 e. The molecular weight excluding hydrogens is 332 g/mol. The molecule has 2 aromatic heterocycles. The van der Waals surface area contributed by atoms with Crippen molar-refractivity contribution in [1.82, 2.24) is 24.5 Å². The van der Waals surface area contributed by atoms with Gasteiger partial charge in [0.05, 0.1) is 24.0 Å². The lowest BCUT2D eigenvalue weighted by Gasteiger charge is -2.11. The molecule has 2 heterocycles. The largest absolute Gasteiger partial charge is 0.495 e. The highest BCUT2D eigenvalue weighted by atomic mass is 16.5. The lowest BCUT2D eigenvalue weighted by molar-refractivity contribution is 0.102. The van der Waals surface area contributed by atoms with E-state index in [0.29, 0.717) is 17.1 Å². The predicted molar refractivity (Wildman–Crippen MR) is 96.6 cm³/mol. The number of hydrogen-bond donors (Lipinski definition) is 1. The lowest BCUT2D eigenvalue weighted by atomic mass is 10.2. The fourth-order valence-corrected chi connectivity index (χ4v) is 2.85. The summed E-state index contributed by atoms with van der Waals surface area (Å²) in [5.41, 5.74) is 2.60. The van der Waals surface area contributed by atoms with Crippen LogP contribution in [0.1, 0.15) is 10.5 Å². The number of rotatable bonds is 4. The van der Waals surface area contributed by atoms with Crippen molar-refractivity contribution in [3.05, 3.63) is 60.8 Å². The summed E-state index contributed by atoms with van der Waals surface area (Å²) in [6.07, 6.45) is 3.17. The first-order valence-electron chi connectivity index (χ1n) is 7.93. The van der Waals surface area contributed by atoms with E-state index in [1.165, 1.54) is 0 Å². The first-order chi connectivity index (χ1) is 12.7. The second-order valence-electron chi connectivity index (χ2n) is 5.70. The summed E-state index contributed by atoms with van der Waals surface area (Å²) in [4.78, 5) is 12.8. The van der Waals surface area contributed by atoms with E-state index in [9.17, 15) is 4.79 Å². The van der Waals surface area contributed by atoms with Gasteiger partial charge < -0.3 is 10.1 Å². The van der Waals surface area contributed by atoms with E-state index < -0.39 is 0 Å². The molecule has 0 aliphatic heterocycles. The topological polar surface area (TPSA) is 86.9 Å². The molecule has 26 heavy (non-hydrogen) atoms. The van der Waals surface area contributed by atoms with Crippen molar-refractivity contribution in [2.75, 3.05) is 12.4 Å². The van der Waals surface area contributed by atoms with Gasteiger partial charge in [0, 0.05) is 12.4 Å². The fourth-order valence-electron chi connectivity index (χ4n) is 2.85. The second-order valence-corrected chi connectivity index (χ2v) is 5.70. The molecular formula is C18H16N6O2. The van der Waals surface area contributed by atoms with Gasteiger partial charge in [-0.05, 0) is 24.3 Å². The average Bonchev–Trinajstić information content (AvgIpc) is 3.31. The van der Waals surface area contributed by atoms with Gasteiger partial charge in [0.15, 0.2) is 5.69 Å². The van der Waals surface area contributed by atoms with Gasteiger partial charge in [-0.15, -0.1) is 10.2 Å². The van der Waals surface area contributed by atoms with Crippen LogP contribution in [0.3, 0.4) is 0 Å². The van der Waals surface area contributed by atoms with Crippen LogP contribution >= 0.6 is 0 Å². The van der Waals surface area contributed by atoms with Crippen molar-refractivity contribution in [2.45, 2.75) is 0 Å². The zero-order valence-electron chi connectivity index (χ0n) is 14.2. The van der Waals surface area contributed by atoms with E-state index in [0.717, 1.165) is 16.6 Å². The van der Waals surface area contributed by atoms with Crippen molar-refractivity contribution in [1.29, 1.82) is 0 Å². The van der Waals surface area contributed by atoms with Crippen LogP contribution in [0.2, 0.25) is 0 Å². The Kier molecular flexibility index (Phi) is 3.85. The SMILES string of the molecule is COc1ccc(-n2cnnc2)cc1NC(=O)c1nn(C)c2ccccc12. The molecule has 0 atom stereocenters. The predicted octanol–water partition coefficient (Wildman–Crippen LogP) is 2.41. The van der Waals surface area contributed by atoms with Crippen molar-refractivity contribution >= 4 is 22.5 Å². The van der Waals surface area contributed by atoms with Crippen LogP contribution < -0.4 is 10.1 Å². The van der Waals surface area contributed by atoms with Gasteiger partial charge in [-0.25, -0.2) is 0 Å². The quantitative estimate of drug-likeness (QED) is 0.612. The second kappa shape index (κ2) is 6.32. The number of methoxy groups -OCH3 is 1. The van der Waals surface area contributed by atoms with Gasteiger partial charge in [0.1, 0.15) is 18.4 Å². The van der Waals surface area contributed by atoms with Crippen LogP contribution in [0, 0.1) is 0 Å².